The summed E-state index contributed by atoms with van der Waals surface area (Å²) in [5.74, 6) is -1.59. The van der Waals surface area contributed by atoms with E-state index >= 15 is 0 Å². The SMILES string of the molecule is CC1CCCN(c2ncc(Cl)c(Nc3ccc4c(c3)c3c(c(=O)n4C)OCC(F)(F)[C@H](C4CC4)N3)n2)CC1. The maximum absolute atomic E-state index is 14.9. The molecule has 1 aliphatic carbocycles. The van der Waals surface area contributed by atoms with Gasteiger partial charge in [-0.15, -0.1) is 0 Å². The Labute approximate surface area is 224 Å². The molecule has 11 heteroatoms. The Hall–Kier alpha value is -3.14. The van der Waals surface area contributed by atoms with Crippen molar-refractivity contribution in [2.24, 2.45) is 18.9 Å². The summed E-state index contributed by atoms with van der Waals surface area (Å²) < 4.78 is 36.7. The van der Waals surface area contributed by atoms with Crippen LogP contribution in [0, 0.1) is 11.8 Å². The fourth-order valence-corrected chi connectivity index (χ4v) is 5.62. The largest absolute Gasteiger partial charge is 0.480 e. The average molecular weight is 545 g/mol. The molecule has 4 heterocycles. The fourth-order valence-electron chi connectivity index (χ4n) is 5.48. The normalized spacial score (nSPS) is 23.1. The summed E-state index contributed by atoms with van der Waals surface area (Å²) in [5.41, 5.74) is 1.09. The summed E-state index contributed by atoms with van der Waals surface area (Å²) in [5, 5.41) is 7.25. The zero-order chi connectivity index (χ0) is 26.6. The van der Waals surface area contributed by atoms with Crippen molar-refractivity contribution in [1.82, 2.24) is 14.5 Å². The predicted octanol–water partition coefficient (Wildman–Crippen LogP) is 5.57. The number of aromatic nitrogens is 3. The van der Waals surface area contributed by atoms with Crippen LogP contribution in [0.15, 0.2) is 29.2 Å². The van der Waals surface area contributed by atoms with Gasteiger partial charge in [-0.05, 0) is 62.1 Å². The predicted molar refractivity (Wildman–Crippen MR) is 145 cm³/mol. The highest BCUT2D eigenvalue weighted by Gasteiger charge is 2.51. The minimum Gasteiger partial charge on any atom is -0.480 e. The van der Waals surface area contributed by atoms with E-state index in [0.29, 0.717) is 45.0 Å². The number of alkyl halides is 2. The van der Waals surface area contributed by atoms with Gasteiger partial charge in [0.25, 0.3) is 5.56 Å². The topological polar surface area (TPSA) is 84.3 Å². The number of hydrogen-bond donors (Lipinski definition) is 2. The van der Waals surface area contributed by atoms with Crippen molar-refractivity contribution in [3.8, 4) is 5.75 Å². The van der Waals surface area contributed by atoms with Gasteiger partial charge in [0.1, 0.15) is 5.02 Å². The van der Waals surface area contributed by atoms with Gasteiger partial charge in [0.2, 0.25) is 11.7 Å². The van der Waals surface area contributed by atoms with Gasteiger partial charge in [-0.1, -0.05) is 18.5 Å². The minimum atomic E-state index is -3.09. The highest BCUT2D eigenvalue weighted by atomic mass is 35.5. The number of halogens is 3. The lowest BCUT2D eigenvalue weighted by molar-refractivity contribution is -0.0579. The molecule has 6 rings (SSSR count). The zero-order valence-corrected chi connectivity index (χ0v) is 22.2. The van der Waals surface area contributed by atoms with Gasteiger partial charge in [-0.3, -0.25) is 4.79 Å². The quantitative estimate of drug-likeness (QED) is 0.444. The first-order chi connectivity index (χ1) is 18.2. The molecule has 3 aromatic rings. The number of nitrogens with zero attached hydrogens (tertiary/aromatic N) is 4. The number of ether oxygens (including phenoxy) is 1. The van der Waals surface area contributed by atoms with E-state index in [9.17, 15) is 13.6 Å². The molecule has 38 heavy (non-hydrogen) atoms. The molecule has 3 aliphatic rings. The third-order valence-electron chi connectivity index (χ3n) is 7.90. The van der Waals surface area contributed by atoms with Gasteiger partial charge in [0, 0.05) is 31.2 Å². The Kier molecular flexibility index (Phi) is 6.32. The lowest BCUT2D eigenvalue weighted by Crippen LogP contribution is -2.44. The fraction of sp³-hybridized carbons (Fsp3) is 0.519. The van der Waals surface area contributed by atoms with E-state index in [4.69, 9.17) is 21.3 Å². The van der Waals surface area contributed by atoms with E-state index in [-0.39, 0.29) is 11.7 Å². The average Bonchev–Trinajstić information content (AvgIpc) is 3.74. The lowest BCUT2D eigenvalue weighted by atomic mass is 10.0. The molecule has 2 aliphatic heterocycles. The second-order valence-electron chi connectivity index (χ2n) is 10.8. The second kappa shape index (κ2) is 9.55. The molecule has 0 amide bonds. The Bertz CT molecular complexity index is 1440. The molecule has 202 valence electrons. The van der Waals surface area contributed by atoms with E-state index in [1.165, 1.54) is 11.0 Å². The Balaban J connectivity index is 1.37. The molecule has 2 aromatic heterocycles. The first-order valence-corrected chi connectivity index (χ1v) is 13.6. The van der Waals surface area contributed by atoms with Crippen molar-refractivity contribution in [3.63, 3.8) is 0 Å². The number of benzene rings is 1. The Morgan fingerprint density at radius 2 is 2.03 bits per heavy atom. The summed E-state index contributed by atoms with van der Waals surface area (Å²) >= 11 is 6.47. The molecule has 2 N–H and O–H groups in total. The number of anilines is 4. The van der Waals surface area contributed by atoms with Gasteiger partial charge in [-0.25, -0.2) is 13.8 Å². The van der Waals surface area contributed by atoms with Crippen molar-refractivity contribution in [1.29, 1.82) is 0 Å². The molecule has 1 aromatic carbocycles. The summed E-state index contributed by atoms with van der Waals surface area (Å²) in [6.45, 7) is 3.21. The van der Waals surface area contributed by atoms with Crippen molar-refractivity contribution in [3.05, 3.63) is 39.8 Å². The summed E-state index contributed by atoms with van der Waals surface area (Å²) in [4.78, 5) is 24.4. The van der Waals surface area contributed by atoms with Crippen LogP contribution in [0.5, 0.6) is 5.75 Å². The van der Waals surface area contributed by atoms with Crippen molar-refractivity contribution >= 4 is 45.6 Å². The van der Waals surface area contributed by atoms with Crippen molar-refractivity contribution < 1.29 is 13.5 Å². The van der Waals surface area contributed by atoms with Crippen LogP contribution < -0.4 is 25.8 Å². The summed E-state index contributed by atoms with van der Waals surface area (Å²) in [6, 6.07) is 4.31. The van der Waals surface area contributed by atoms with Gasteiger partial charge >= 0.3 is 5.92 Å². The molecule has 0 spiro atoms. The van der Waals surface area contributed by atoms with Gasteiger partial charge in [0.05, 0.1) is 23.4 Å². The van der Waals surface area contributed by atoms with Crippen LogP contribution in [-0.2, 0) is 7.05 Å². The van der Waals surface area contributed by atoms with Crippen LogP contribution in [-0.4, -0.2) is 46.2 Å². The third kappa shape index (κ3) is 4.63. The standard InChI is InChI=1S/C27H31ClF2N6O2/c1-15-4-3-10-36(11-9-15)26-31-13-19(28)24(34-26)32-17-7-8-20-18(12-17)21-22(25(37)35(20)2)38-14-27(29,30)23(33-21)16-5-6-16/h7-8,12-13,15-16,23,33H,3-6,9-11,14H2,1-2H3,(H,31,32,34)/t15?,23-/m0/s1. The molecular formula is C27H31ClF2N6O2. The van der Waals surface area contributed by atoms with Crippen LogP contribution in [0.1, 0.15) is 39.0 Å². The number of rotatable bonds is 4. The Morgan fingerprint density at radius 3 is 2.82 bits per heavy atom. The minimum absolute atomic E-state index is 0.0854. The highest BCUT2D eigenvalue weighted by molar-refractivity contribution is 6.32. The maximum Gasteiger partial charge on any atom is 0.301 e. The number of pyridine rings is 1. The highest BCUT2D eigenvalue weighted by Crippen LogP contribution is 2.45. The van der Waals surface area contributed by atoms with E-state index < -0.39 is 24.1 Å². The molecule has 8 nitrogen and oxygen atoms in total. The van der Waals surface area contributed by atoms with E-state index in [0.717, 1.165) is 38.8 Å². The number of hydrogen-bond acceptors (Lipinski definition) is 7. The zero-order valence-electron chi connectivity index (χ0n) is 21.4. The van der Waals surface area contributed by atoms with E-state index in [1.807, 2.05) is 12.1 Å². The second-order valence-corrected chi connectivity index (χ2v) is 11.2. The van der Waals surface area contributed by atoms with Crippen LogP contribution in [0.25, 0.3) is 10.9 Å². The molecule has 2 fully saturated rings. The van der Waals surface area contributed by atoms with E-state index in [1.54, 1.807) is 19.3 Å². The molecule has 1 saturated carbocycles. The van der Waals surface area contributed by atoms with Gasteiger partial charge in [0.15, 0.2) is 12.4 Å². The van der Waals surface area contributed by atoms with Crippen LogP contribution >= 0.6 is 11.6 Å². The molecule has 0 bridgehead atoms. The molecule has 2 atom stereocenters. The van der Waals surface area contributed by atoms with Gasteiger partial charge < -0.3 is 24.8 Å². The maximum atomic E-state index is 14.9. The van der Waals surface area contributed by atoms with Gasteiger partial charge in [-0.2, -0.15) is 4.98 Å². The Morgan fingerprint density at radius 1 is 1.21 bits per heavy atom. The first kappa shape index (κ1) is 25.2. The van der Waals surface area contributed by atoms with E-state index in [2.05, 4.69) is 27.4 Å². The molecule has 1 saturated heterocycles. The number of aryl methyl sites for hydroxylation is 1. The molecule has 0 radical (unpaired) electrons. The first-order valence-electron chi connectivity index (χ1n) is 13.2. The smallest absolute Gasteiger partial charge is 0.301 e. The summed E-state index contributed by atoms with van der Waals surface area (Å²) in [6.07, 6.45) is 6.39. The van der Waals surface area contributed by atoms with Crippen LogP contribution in [0.2, 0.25) is 5.02 Å². The number of nitrogens with one attached hydrogen (secondary N) is 2. The van der Waals surface area contributed by atoms with Crippen LogP contribution in [0.3, 0.4) is 0 Å². The lowest BCUT2D eigenvalue weighted by Gasteiger charge is -2.25. The van der Waals surface area contributed by atoms with Crippen LogP contribution in [0.4, 0.5) is 31.9 Å². The van der Waals surface area contributed by atoms with Crippen molar-refractivity contribution in [2.75, 3.05) is 35.2 Å². The monoisotopic (exact) mass is 544 g/mol. The molecular weight excluding hydrogens is 514 g/mol. The van der Waals surface area contributed by atoms with Crippen molar-refractivity contribution in [2.45, 2.75) is 51.0 Å². The third-order valence-corrected chi connectivity index (χ3v) is 8.18. The number of fused-ring (bicyclic) bond motifs is 3. The summed E-state index contributed by atoms with van der Waals surface area (Å²) in [7, 11) is 1.61. The molecule has 1 unspecified atom stereocenters.